The normalized spacial score (nSPS) is 16.9. The molecular weight excluding hydrogens is 344 g/mol. The van der Waals surface area contributed by atoms with E-state index in [9.17, 15) is 0 Å². The second-order valence-corrected chi connectivity index (χ2v) is 8.22. The summed E-state index contributed by atoms with van der Waals surface area (Å²) in [5, 5.41) is 0. The van der Waals surface area contributed by atoms with Crippen molar-refractivity contribution in [2.24, 2.45) is 0 Å². The molecule has 2 aliphatic rings. The lowest BCUT2D eigenvalue weighted by molar-refractivity contribution is 0.205. The molecule has 0 N–H and O–H groups in total. The molecule has 28 heavy (non-hydrogen) atoms. The number of anilines is 1. The molecule has 0 spiro atoms. The lowest BCUT2D eigenvalue weighted by Gasteiger charge is -2.26. The van der Waals surface area contributed by atoms with Crippen LogP contribution in [0.5, 0.6) is 5.75 Å². The van der Waals surface area contributed by atoms with Crippen LogP contribution in [0.3, 0.4) is 0 Å². The summed E-state index contributed by atoms with van der Waals surface area (Å²) in [6.45, 7) is 6.84. The lowest BCUT2D eigenvalue weighted by atomic mass is 10.1. The van der Waals surface area contributed by atoms with Crippen LogP contribution >= 0.6 is 0 Å². The smallest absolute Gasteiger partial charge is 0.119 e. The van der Waals surface area contributed by atoms with Gasteiger partial charge in [0, 0.05) is 25.3 Å². The van der Waals surface area contributed by atoms with Gasteiger partial charge < -0.3 is 14.5 Å². The van der Waals surface area contributed by atoms with E-state index in [1.165, 1.54) is 62.1 Å². The van der Waals surface area contributed by atoms with Crippen molar-refractivity contribution in [3.63, 3.8) is 0 Å². The van der Waals surface area contributed by atoms with Gasteiger partial charge in [0.2, 0.25) is 0 Å². The molecule has 150 valence electrons. The third kappa shape index (κ3) is 5.29. The zero-order valence-electron chi connectivity index (χ0n) is 17.1. The van der Waals surface area contributed by atoms with Gasteiger partial charge in [0.15, 0.2) is 0 Å². The molecule has 1 fully saturated rings. The summed E-state index contributed by atoms with van der Waals surface area (Å²) in [6, 6.07) is 17.5. The van der Waals surface area contributed by atoms with Crippen molar-refractivity contribution >= 4 is 5.69 Å². The van der Waals surface area contributed by atoms with Crippen LogP contribution in [0.25, 0.3) is 0 Å². The van der Waals surface area contributed by atoms with Gasteiger partial charge in [-0.25, -0.2) is 0 Å². The molecule has 0 aromatic heterocycles. The number of nitrogens with zero attached hydrogens (tertiary/aromatic N) is 2. The van der Waals surface area contributed by atoms with E-state index < -0.39 is 0 Å². The molecule has 3 heteroatoms. The van der Waals surface area contributed by atoms with Gasteiger partial charge in [0.05, 0.1) is 6.61 Å². The highest BCUT2D eigenvalue weighted by atomic mass is 16.5. The van der Waals surface area contributed by atoms with Crippen molar-refractivity contribution in [3.8, 4) is 5.75 Å². The van der Waals surface area contributed by atoms with E-state index in [-0.39, 0.29) is 0 Å². The van der Waals surface area contributed by atoms with Crippen LogP contribution in [0.15, 0.2) is 48.5 Å². The van der Waals surface area contributed by atoms with Gasteiger partial charge >= 0.3 is 0 Å². The summed E-state index contributed by atoms with van der Waals surface area (Å²) in [6.07, 6.45) is 8.78. The van der Waals surface area contributed by atoms with Crippen molar-refractivity contribution in [3.05, 3.63) is 59.7 Å². The topological polar surface area (TPSA) is 15.7 Å². The third-order valence-electron chi connectivity index (χ3n) is 6.12. The fraction of sp³-hybridized carbons (Fsp3) is 0.520. The van der Waals surface area contributed by atoms with Crippen LogP contribution in [-0.4, -0.2) is 44.2 Å². The molecule has 0 amide bonds. The molecule has 1 saturated heterocycles. The maximum Gasteiger partial charge on any atom is 0.119 e. The second kappa shape index (κ2) is 9.97. The zero-order chi connectivity index (χ0) is 19.0. The Morgan fingerprint density at radius 2 is 1.68 bits per heavy atom. The number of piperidine rings is 1. The Morgan fingerprint density at radius 1 is 0.821 bits per heavy atom. The fourth-order valence-corrected chi connectivity index (χ4v) is 4.55. The summed E-state index contributed by atoms with van der Waals surface area (Å²) in [5.74, 6) is 1.04. The average molecular weight is 379 g/mol. The summed E-state index contributed by atoms with van der Waals surface area (Å²) in [5.41, 5.74) is 4.30. The molecule has 4 rings (SSSR count). The summed E-state index contributed by atoms with van der Waals surface area (Å²) >= 11 is 0. The first-order chi connectivity index (χ1) is 13.9. The minimum atomic E-state index is 0.829. The molecule has 2 aromatic carbocycles. The molecule has 0 saturated carbocycles. The van der Waals surface area contributed by atoms with Crippen molar-refractivity contribution in [2.45, 2.75) is 44.9 Å². The van der Waals surface area contributed by atoms with Gasteiger partial charge in [-0.3, -0.25) is 0 Å². The highest BCUT2D eigenvalue weighted by Crippen LogP contribution is 2.31. The SMILES string of the molecule is c1ccc(CCCN2CCc3cc(OCCCN4CCCCC4)ccc32)cc1. The van der Waals surface area contributed by atoms with Gasteiger partial charge in [0.25, 0.3) is 0 Å². The Balaban J connectivity index is 1.20. The quantitative estimate of drug-likeness (QED) is 0.575. The molecule has 2 aliphatic heterocycles. The van der Waals surface area contributed by atoms with E-state index in [4.69, 9.17) is 4.74 Å². The number of likely N-dealkylation sites (tertiary alicyclic amines) is 1. The number of hydrogen-bond donors (Lipinski definition) is 0. The van der Waals surface area contributed by atoms with Crippen molar-refractivity contribution in [1.82, 2.24) is 4.90 Å². The average Bonchev–Trinajstić information content (AvgIpc) is 3.15. The first kappa shape index (κ1) is 19.3. The van der Waals surface area contributed by atoms with Crippen LogP contribution in [-0.2, 0) is 12.8 Å². The monoisotopic (exact) mass is 378 g/mol. The van der Waals surface area contributed by atoms with Crippen LogP contribution < -0.4 is 9.64 Å². The minimum Gasteiger partial charge on any atom is -0.494 e. The van der Waals surface area contributed by atoms with Crippen molar-refractivity contribution < 1.29 is 4.74 Å². The van der Waals surface area contributed by atoms with E-state index in [2.05, 4.69) is 58.3 Å². The number of rotatable bonds is 9. The molecule has 0 radical (unpaired) electrons. The van der Waals surface area contributed by atoms with Gasteiger partial charge in [-0.1, -0.05) is 36.8 Å². The van der Waals surface area contributed by atoms with Crippen LogP contribution in [0.2, 0.25) is 0 Å². The summed E-state index contributed by atoms with van der Waals surface area (Å²) in [4.78, 5) is 5.13. The Bertz CT molecular complexity index is 725. The minimum absolute atomic E-state index is 0.829. The number of benzene rings is 2. The molecule has 0 bridgehead atoms. The second-order valence-electron chi connectivity index (χ2n) is 8.22. The lowest BCUT2D eigenvalue weighted by Crippen LogP contribution is -2.31. The van der Waals surface area contributed by atoms with Gasteiger partial charge in [-0.2, -0.15) is 0 Å². The predicted molar refractivity (Wildman–Crippen MR) is 118 cm³/mol. The Kier molecular flexibility index (Phi) is 6.88. The molecule has 3 nitrogen and oxygen atoms in total. The highest BCUT2D eigenvalue weighted by Gasteiger charge is 2.19. The zero-order valence-corrected chi connectivity index (χ0v) is 17.1. The Hall–Kier alpha value is -2.00. The Morgan fingerprint density at radius 3 is 2.54 bits per heavy atom. The first-order valence-corrected chi connectivity index (χ1v) is 11.2. The fourth-order valence-electron chi connectivity index (χ4n) is 4.55. The summed E-state index contributed by atoms with van der Waals surface area (Å²) in [7, 11) is 0. The number of hydrogen-bond acceptors (Lipinski definition) is 3. The maximum absolute atomic E-state index is 6.05. The van der Waals surface area contributed by atoms with E-state index in [1.807, 2.05) is 0 Å². The van der Waals surface area contributed by atoms with Gasteiger partial charge in [-0.15, -0.1) is 0 Å². The van der Waals surface area contributed by atoms with E-state index in [0.717, 1.165) is 44.7 Å². The summed E-state index contributed by atoms with van der Waals surface area (Å²) < 4.78 is 6.05. The van der Waals surface area contributed by atoms with Crippen LogP contribution in [0.4, 0.5) is 5.69 Å². The van der Waals surface area contributed by atoms with Crippen LogP contribution in [0.1, 0.15) is 43.2 Å². The van der Waals surface area contributed by atoms with E-state index in [1.54, 1.807) is 0 Å². The highest BCUT2D eigenvalue weighted by molar-refractivity contribution is 5.60. The molecule has 0 unspecified atom stereocenters. The first-order valence-electron chi connectivity index (χ1n) is 11.2. The molecule has 2 aromatic rings. The predicted octanol–water partition coefficient (Wildman–Crippen LogP) is 4.94. The van der Waals surface area contributed by atoms with Gasteiger partial charge in [-0.05, 0) is 80.9 Å². The number of aryl methyl sites for hydroxylation is 1. The number of fused-ring (bicyclic) bond motifs is 1. The standard InChI is InChI=1S/C25H34N2O/c1-3-9-22(10-4-1)11-7-18-27-19-14-23-21-24(12-13-25(23)27)28-20-8-17-26-15-5-2-6-16-26/h1,3-4,9-10,12-13,21H,2,5-8,11,14-20H2. The van der Waals surface area contributed by atoms with Gasteiger partial charge in [0.1, 0.15) is 5.75 Å². The molecular formula is C25H34N2O. The van der Waals surface area contributed by atoms with Crippen molar-refractivity contribution in [2.75, 3.05) is 44.2 Å². The molecule has 2 heterocycles. The largest absolute Gasteiger partial charge is 0.494 e. The van der Waals surface area contributed by atoms with Crippen molar-refractivity contribution in [1.29, 1.82) is 0 Å². The molecule has 0 atom stereocenters. The van der Waals surface area contributed by atoms with Crippen LogP contribution in [0, 0.1) is 0 Å². The maximum atomic E-state index is 6.05. The van der Waals surface area contributed by atoms with E-state index in [0.29, 0.717) is 0 Å². The Labute approximate surface area is 170 Å². The van der Waals surface area contributed by atoms with E-state index >= 15 is 0 Å². The molecule has 0 aliphatic carbocycles. The third-order valence-corrected chi connectivity index (χ3v) is 6.12. The number of ether oxygens (including phenoxy) is 1.